The number of carbonyl (C=O) groups is 1. The topological polar surface area (TPSA) is 60.5 Å². The summed E-state index contributed by atoms with van der Waals surface area (Å²) in [6, 6.07) is 0. The molecule has 0 unspecified atom stereocenters. The fraction of sp³-hybridized carbons (Fsp3) is 0.733. The number of aryl methyl sites for hydroxylation is 1. The Hall–Kier alpha value is -0.980. The Labute approximate surface area is 129 Å². The van der Waals surface area contributed by atoms with Gasteiger partial charge in [-0.1, -0.05) is 6.92 Å². The maximum atomic E-state index is 12.1. The minimum Gasteiger partial charge on any atom is -0.349 e. The Kier molecular flexibility index (Phi) is 4.28. The first-order valence-corrected chi connectivity index (χ1v) is 8.46. The maximum absolute atomic E-state index is 12.1. The molecule has 0 radical (unpaired) electrons. The number of carbonyl (C=O) groups excluding carboxylic acids is 1. The van der Waals surface area contributed by atoms with E-state index in [1.807, 2.05) is 6.92 Å². The average molecular weight is 310 g/mol. The van der Waals surface area contributed by atoms with Gasteiger partial charge in [0.1, 0.15) is 11.0 Å². The lowest BCUT2D eigenvalue weighted by atomic mass is 9.86. The number of ether oxygens (including phenoxy) is 2. The highest BCUT2D eigenvalue weighted by Crippen LogP contribution is 2.39. The van der Waals surface area contributed by atoms with E-state index in [1.165, 1.54) is 11.3 Å². The zero-order valence-corrected chi connectivity index (χ0v) is 13.4. The van der Waals surface area contributed by atoms with Crippen molar-refractivity contribution in [2.45, 2.75) is 51.4 Å². The van der Waals surface area contributed by atoms with Crippen molar-refractivity contribution in [2.75, 3.05) is 13.2 Å². The number of hydrogen-bond donors (Lipinski definition) is 1. The van der Waals surface area contributed by atoms with Gasteiger partial charge in [0.25, 0.3) is 5.91 Å². The molecule has 0 bridgehead atoms. The van der Waals surface area contributed by atoms with Crippen LogP contribution < -0.4 is 5.32 Å². The quantitative estimate of drug-likeness (QED) is 0.932. The van der Waals surface area contributed by atoms with Gasteiger partial charge in [0.05, 0.1) is 17.8 Å². The number of nitrogens with one attached hydrogen (secondary N) is 1. The molecule has 1 aliphatic heterocycles. The molecule has 1 aromatic rings. The van der Waals surface area contributed by atoms with Gasteiger partial charge in [0, 0.05) is 19.4 Å². The minimum atomic E-state index is -0.387. The van der Waals surface area contributed by atoms with Crippen molar-refractivity contribution >= 4 is 17.2 Å². The van der Waals surface area contributed by atoms with Crippen LogP contribution in [0.2, 0.25) is 0 Å². The van der Waals surface area contributed by atoms with Crippen molar-refractivity contribution in [2.24, 2.45) is 5.92 Å². The third-order valence-corrected chi connectivity index (χ3v) is 5.32. The van der Waals surface area contributed by atoms with Gasteiger partial charge < -0.3 is 14.8 Å². The summed E-state index contributed by atoms with van der Waals surface area (Å²) in [5.74, 6) is 0.301. The molecule has 3 rings (SSSR count). The molecule has 2 heterocycles. The molecule has 2 aliphatic rings. The van der Waals surface area contributed by atoms with Crippen LogP contribution >= 0.6 is 11.3 Å². The molecule has 0 aromatic carbocycles. The summed E-state index contributed by atoms with van der Waals surface area (Å²) in [7, 11) is 0. The Morgan fingerprint density at radius 1 is 1.52 bits per heavy atom. The molecule has 5 nitrogen and oxygen atoms in total. The number of aromatic nitrogens is 1. The van der Waals surface area contributed by atoms with Crippen LogP contribution in [0.4, 0.5) is 0 Å². The van der Waals surface area contributed by atoms with Crippen LogP contribution in [0.15, 0.2) is 5.51 Å². The molecule has 1 aliphatic carbocycles. The predicted molar refractivity (Wildman–Crippen MR) is 80.4 cm³/mol. The fourth-order valence-corrected chi connectivity index (χ4v) is 3.71. The molecule has 2 fully saturated rings. The first-order chi connectivity index (χ1) is 10.1. The van der Waals surface area contributed by atoms with Gasteiger partial charge in [0.15, 0.2) is 5.79 Å². The second-order valence-corrected chi connectivity index (χ2v) is 6.98. The Balaban J connectivity index is 1.49. The highest BCUT2D eigenvalue weighted by molar-refractivity contribution is 7.11. The second kappa shape index (κ2) is 6.02. The van der Waals surface area contributed by atoms with Crippen LogP contribution in [0.1, 0.15) is 48.0 Å². The van der Waals surface area contributed by atoms with Gasteiger partial charge in [-0.2, -0.15) is 0 Å². The van der Waals surface area contributed by atoms with Crippen LogP contribution in [-0.4, -0.2) is 35.9 Å². The van der Waals surface area contributed by atoms with Gasteiger partial charge in [-0.3, -0.25) is 4.79 Å². The summed E-state index contributed by atoms with van der Waals surface area (Å²) in [5, 5.41) is 2.93. The molecule has 1 spiro atoms. The summed E-state index contributed by atoms with van der Waals surface area (Å²) < 4.78 is 12.0. The first kappa shape index (κ1) is 14.9. The molecule has 1 aromatic heterocycles. The van der Waals surface area contributed by atoms with Crippen molar-refractivity contribution in [1.82, 2.24) is 10.3 Å². The normalized spacial score (nSPS) is 32.5. The van der Waals surface area contributed by atoms with E-state index in [0.717, 1.165) is 37.3 Å². The Morgan fingerprint density at radius 3 is 2.95 bits per heavy atom. The van der Waals surface area contributed by atoms with Crippen LogP contribution in [0.5, 0.6) is 0 Å². The molecule has 6 heteroatoms. The Morgan fingerprint density at radius 2 is 2.29 bits per heavy atom. The second-order valence-electron chi connectivity index (χ2n) is 6.12. The smallest absolute Gasteiger partial charge is 0.263 e. The number of rotatable bonds is 3. The molecular weight excluding hydrogens is 288 g/mol. The first-order valence-electron chi connectivity index (χ1n) is 7.58. The molecule has 1 amide bonds. The molecule has 116 valence electrons. The number of amides is 1. The van der Waals surface area contributed by atoms with E-state index in [2.05, 4.69) is 17.2 Å². The van der Waals surface area contributed by atoms with Gasteiger partial charge in [-0.05, 0) is 25.7 Å². The highest BCUT2D eigenvalue weighted by atomic mass is 32.1. The van der Waals surface area contributed by atoms with Crippen molar-refractivity contribution in [1.29, 1.82) is 0 Å². The van der Waals surface area contributed by atoms with E-state index in [1.54, 1.807) is 5.51 Å². The summed E-state index contributed by atoms with van der Waals surface area (Å²) in [5.41, 5.74) is 2.47. The zero-order valence-electron chi connectivity index (χ0n) is 12.6. The minimum absolute atomic E-state index is 0.0458. The highest BCUT2D eigenvalue weighted by Gasteiger charge is 2.43. The lowest BCUT2D eigenvalue weighted by molar-refractivity contribution is -0.191. The van der Waals surface area contributed by atoms with Gasteiger partial charge in [0.2, 0.25) is 0 Å². The largest absolute Gasteiger partial charge is 0.349 e. The van der Waals surface area contributed by atoms with E-state index >= 15 is 0 Å². The van der Waals surface area contributed by atoms with E-state index in [-0.39, 0.29) is 17.8 Å². The Bertz CT molecular complexity index is 509. The molecule has 1 saturated heterocycles. The molecule has 21 heavy (non-hydrogen) atoms. The van der Waals surface area contributed by atoms with Crippen LogP contribution in [0.25, 0.3) is 0 Å². The third kappa shape index (κ3) is 3.27. The van der Waals surface area contributed by atoms with Crippen LogP contribution in [0, 0.1) is 12.8 Å². The SMILES string of the molecule is Cc1ncsc1C(=O)NC[C@@H]1COC2(CCC(C)CC2)O1. The van der Waals surface area contributed by atoms with Crippen LogP contribution in [0.3, 0.4) is 0 Å². The van der Waals surface area contributed by atoms with Gasteiger partial charge in [-0.15, -0.1) is 11.3 Å². The van der Waals surface area contributed by atoms with Crippen molar-refractivity contribution in [3.8, 4) is 0 Å². The number of hydrogen-bond acceptors (Lipinski definition) is 5. The molecular formula is C15H22N2O3S. The van der Waals surface area contributed by atoms with Crippen molar-refractivity contribution < 1.29 is 14.3 Å². The standard InChI is InChI=1S/C15H22N2O3S/c1-10-3-5-15(6-4-10)19-8-12(20-15)7-16-14(18)13-11(2)17-9-21-13/h9-10,12H,3-8H2,1-2H3,(H,16,18)/t10?,12-,15?/m1/s1. The summed E-state index contributed by atoms with van der Waals surface area (Å²) in [6.07, 6.45) is 4.19. The molecule has 1 N–H and O–H groups in total. The van der Waals surface area contributed by atoms with Gasteiger partial charge >= 0.3 is 0 Å². The summed E-state index contributed by atoms with van der Waals surface area (Å²) in [6.45, 7) is 5.18. The number of nitrogens with zero attached hydrogens (tertiary/aromatic N) is 1. The molecule has 1 saturated carbocycles. The van der Waals surface area contributed by atoms with Crippen molar-refractivity contribution in [3.05, 3.63) is 16.1 Å². The monoisotopic (exact) mass is 310 g/mol. The van der Waals surface area contributed by atoms with Crippen molar-refractivity contribution in [3.63, 3.8) is 0 Å². The summed E-state index contributed by atoms with van der Waals surface area (Å²) in [4.78, 5) is 16.8. The lowest BCUT2D eigenvalue weighted by Crippen LogP contribution is -2.38. The molecule has 1 atom stereocenters. The van der Waals surface area contributed by atoms with Crippen LogP contribution in [-0.2, 0) is 9.47 Å². The maximum Gasteiger partial charge on any atom is 0.263 e. The van der Waals surface area contributed by atoms with E-state index in [0.29, 0.717) is 18.0 Å². The van der Waals surface area contributed by atoms with E-state index < -0.39 is 0 Å². The predicted octanol–water partition coefficient (Wildman–Crippen LogP) is 2.50. The average Bonchev–Trinajstić information content (AvgIpc) is 3.07. The third-order valence-electron chi connectivity index (χ3n) is 4.39. The lowest BCUT2D eigenvalue weighted by Gasteiger charge is -2.34. The van der Waals surface area contributed by atoms with E-state index in [4.69, 9.17) is 9.47 Å². The fourth-order valence-electron chi connectivity index (χ4n) is 2.99. The van der Waals surface area contributed by atoms with Gasteiger partial charge in [-0.25, -0.2) is 4.98 Å². The summed E-state index contributed by atoms with van der Waals surface area (Å²) >= 11 is 1.37. The zero-order chi connectivity index (χ0) is 14.9. The number of thiazole rings is 1. The van der Waals surface area contributed by atoms with E-state index in [9.17, 15) is 4.79 Å².